The molecule has 0 aliphatic heterocycles. The molecule has 1 aromatic rings. The summed E-state index contributed by atoms with van der Waals surface area (Å²) in [4.78, 5) is 23.0. The van der Waals surface area contributed by atoms with Crippen LogP contribution in [0.1, 0.15) is 31.1 Å². The largest absolute Gasteiger partial charge is 0.478 e. The summed E-state index contributed by atoms with van der Waals surface area (Å²) < 4.78 is 0. The number of nitrogens with one attached hydrogen (secondary N) is 1. The van der Waals surface area contributed by atoms with E-state index < -0.39 is 23.3 Å². The van der Waals surface area contributed by atoms with Gasteiger partial charge in [0.05, 0.1) is 17.3 Å². The smallest absolute Gasteiger partial charge is 0.337 e. The maximum Gasteiger partial charge on any atom is 0.337 e. The highest BCUT2D eigenvalue weighted by atomic mass is 35.5. The van der Waals surface area contributed by atoms with Gasteiger partial charge in [0.15, 0.2) is 0 Å². The monoisotopic (exact) mass is 284 g/mol. The fraction of sp³-hybridized carbons (Fsp3) is 0.385. The molecule has 5 nitrogen and oxygen atoms in total. The highest BCUT2D eigenvalue weighted by molar-refractivity contribution is 6.31. The Bertz CT molecular complexity index is 509. The molecule has 6 heteroatoms. The van der Waals surface area contributed by atoms with E-state index in [0.29, 0.717) is 0 Å². The first-order valence-corrected chi connectivity index (χ1v) is 6.10. The number of hydrogen-bond donors (Lipinski definition) is 3. The maximum absolute atomic E-state index is 12.0. The van der Waals surface area contributed by atoms with Gasteiger partial charge in [-0.05, 0) is 23.6 Å². The SMILES string of the molecule is CC(C)(C)[C@@H](N)C(=O)Nc1ccc(Cl)cc1C(=O)O. The van der Waals surface area contributed by atoms with Crippen LogP contribution in [-0.4, -0.2) is 23.0 Å². The Morgan fingerprint density at radius 3 is 2.42 bits per heavy atom. The molecule has 0 heterocycles. The number of halogens is 1. The van der Waals surface area contributed by atoms with E-state index in [1.165, 1.54) is 18.2 Å². The predicted octanol–water partition coefficient (Wildman–Crippen LogP) is 2.35. The number of amides is 1. The van der Waals surface area contributed by atoms with Crippen LogP contribution in [0.15, 0.2) is 18.2 Å². The zero-order chi connectivity index (χ0) is 14.8. The van der Waals surface area contributed by atoms with Gasteiger partial charge in [-0.1, -0.05) is 32.4 Å². The Balaban J connectivity index is 3.00. The van der Waals surface area contributed by atoms with Gasteiger partial charge < -0.3 is 16.2 Å². The lowest BCUT2D eigenvalue weighted by Gasteiger charge is -2.26. The summed E-state index contributed by atoms with van der Waals surface area (Å²) in [5, 5.41) is 11.9. The van der Waals surface area contributed by atoms with E-state index in [1.54, 1.807) is 0 Å². The molecule has 19 heavy (non-hydrogen) atoms. The lowest BCUT2D eigenvalue weighted by atomic mass is 9.87. The Hall–Kier alpha value is -1.59. The first-order chi connectivity index (χ1) is 8.62. The molecular weight excluding hydrogens is 268 g/mol. The van der Waals surface area contributed by atoms with Crippen molar-refractivity contribution in [1.82, 2.24) is 0 Å². The molecule has 1 aromatic carbocycles. The van der Waals surface area contributed by atoms with Crippen molar-refractivity contribution in [2.45, 2.75) is 26.8 Å². The first-order valence-electron chi connectivity index (χ1n) is 5.72. The third-order valence-corrected chi connectivity index (χ3v) is 2.92. The number of nitrogens with two attached hydrogens (primary N) is 1. The van der Waals surface area contributed by atoms with Crippen LogP contribution < -0.4 is 11.1 Å². The van der Waals surface area contributed by atoms with Gasteiger partial charge in [0.25, 0.3) is 0 Å². The van der Waals surface area contributed by atoms with E-state index in [4.69, 9.17) is 22.4 Å². The number of hydrogen-bond acceptors (Lipinski definition) is 3. The van der Waals surface area contributed by atoms with Gasteiger partial charge >= 0.3 is 5.97 Å². The lowest BCUT2D eigenvalue weighted by Crippen LogP contribution is -2.45. The Morgan fingerprint density at radius 1 is 1.37 bits per heavy atom. The number of carboxylic acid groups (broad SMARTS) is 1. The van der Waals surface area contributed by atoms with Crippen molar-refractivity contribution in [2.24, 2.45) is 11.1 Å². The summed E-state index contributed by atoms with van der Waals surface area (Å²) in [7, 11) is 0. The van der Waals surface area contributed by atoms with Crippen LogP contribution in [0.2, 0.25) is 5.02 Å². The molecule has 0 saturated carbocycles. The van der Waals surface area contributed by atoms with Crippen LogP contribution in [0.3, 0.4) is 0 Å². The van der Waals surface area contributed by atoms with E-state index >= 15 is 0 Å². The van der Waals surface area contributed by atoms with Crippen molar-refractivity contribution in [2.75, 3.05) is 5.32 Å². The van der Waals surface area contributed by atoms with Crippen LogP contribution >= 0.6 is 11.6 Å². The second kappa shape index (κ2) is 5.59. The Morgan fingerprint density at radius 2 is 1.95 bits per heavy atom. The third-order valence-electron chi connectivity index (χ3n) is 2.69. The number of rotatable bonds is 3. The van der Waals surface area contributed by atoms with Crippen LogP contribution in [0.25, 0.3) is 0 Å². The molecule has 0 aliphatic carbocycles. The van der Waals surface area contributed by atoms with Gasteiger partial charge in [-0.2, -0.15) is 0 Å². The number of carbonyl (C=O) groups is 2. The van der Waals surface area contributed by atoms with E-state index in [9.17, 15) is 9.59 Å². The quantitative estimate of drug-likeness (QED) is 0.794. The first kappa shape index (κ1) is 15.5. The second-order valence-corrected chi connectivity index (χ2v) is 5.76. The van der Waals surface area contributed by atoms with E-state index in [0.717, 1.165) is 0 Å². The number of aromatic carboxylic acids is 1. The fourth-order valence-electron chi connectivity index (χ4n) is 1.41. The van der Waals surface area contributed by atoms with Crippen LogP contribution in [0.5, 0.6) is 0 Å². The number of benzene rings is 1. The predicted molar refractivity (Wildman–Crippen MR) is 74.5 cm³/mol. The maximum atomic E-state index is 12.0. The summed E-state index contributed by atoms with van der Waals surface area (Å²) >= 11 is 5.73. The van der Waals surface area contributed by atoms with Crippen molar-refractivity contribution < 1.29 is 14.7 Å². The molecule has 0 bridgehead atoms. The molecule has 4 N–H and O–H groups in total. The van der Waals surface area contributed by atoms with E-state index in [2.05, 4.69) is 5.32 Å². The van der Waals surface area contributed by atoms with Gasteiger partial charge in [-0.25, -0.2) is 4.79 Å². The minimum absolute atomic E-state index is 0.0676. The molecule has 0 spiro atoms. The van der Waals surface area contributed by atoms with Crippen molar-refractivity contribution in [1.29, 1.82) is 0 Å². The van der Waals surface area contributed by atoms with Gasteiger partial charge in [0, 0.05) is 5.02 Å². The van der Waals surface area contributed by atoms with E-state index in [-0.39, 0.29) is 16.3 Å². The number of carbonyl (C=O) groups excluding carboxylic acids is 1. The molecule has 0 radical (unpaired) electrons. The van der Waals surface area contributed by atoms with Gasteiger partial charge in [0.2, 0.25) is 5.91 Å². The molecule has 0 unspecified atom stereocenters. The van der Waals surface area contributed by atoms with E-state index in [1.807, 2.05) is 20.8 Å². The zero-order valence-corrected chi connectivity index (χ0v) is 11.8. The Labute approximate surface area is 116 Å². The van der Waals surface area contributed by atoms with Crippen molar-refractivity contribution in [3.05, 3.63) is 28.8 Å². The average molecular weight is 285 g/mol. The summed E-state index contributed by atoms with van der Waals surface area (Å²) in [6.07, 6.45) is 0. The topological polar surface area (TPSA) is 92.4 Å². The Kier molecular flexibility index (Phi) is 4.55. The highest BCUT2D eigenvalue weighted by Crippen LogP contribution is 2.23. The molecular formula is C13H17ClN2O3. The van der Waals surface area contributed by atoms with Gasteiger partial charge in [0.1, 0.15) is 0 Å². The van der Waals surface area contributed by atoms with Crippen LogP contribution in [0, 0.1) is 5.41 Å². The number of anilines is 1. The summed E-state index contributed by atoms with van der Waals surface area (Å²) in [6, 6.07) is 3.48. The van der Waals surface area contributed by atoms with Crippen LogP contribution in [-0.2, 0) is 4.79 Å². The molecule has 0 aromatic heterocycles. The van der Waals surface area contributed by atoms with Crippen molar-refractivity contribution >= 4 is 29.2 Å². The van der Waals surface area contributed by atoms with Crippen LogP contribution in [0.4, 0.5) is 5.69 Å². The molecule has 104 valence electrons. The molecule has 1 amide bonds. The summed E-state index contributed by atoms with van der Waals surface area (Å²) in [5.41, 5.74) is 5.51. The molecule has 1 rings (SSSR count). The molecule has 0 aliphatic rings. The molecule has 1 atom stereocenters. The zero-order valence-electron chi connectivity index (χ0n) is 11.0. The highest BCUT2D eigenvalue weighted by Gasteiger charge is 2.28. The van der Waals surface area contributed by atoms with Crippen molar-refractivity contribution in [3.8, 4) is 0 Å². The minimum Gasteiger partial charge on any atom is -0.478 e. The van der Waals surface area contributed by atoms with Gasteiger partial charge in [-0.3, -0.25) is 4.79 Å². The number of carboxylic acids is 1. The standard InChI is InChI=1S/C13H17ClN2O3/c1-13(2,3)10(15)11(17)16-9-5-4-7(14)6-8(9)12(18)19/h4-6,10H,15H2,1-3H3,(H,16,17)(H,18,19)/t10-/m0/s1. The van der Waals surface area contributed by atoms with Gasteiger partial charge in [-0.15, -0.1) is 0 Å². The molecule has 0 fully saturated rings. The lowest BCUT2D eigenvalue weighted by molar-refractivity contribution is -0.119. The minimum atomic E-state index is -1.16. The third kappa shape index (κ3) is 3.94. The summed E-state index contributed by atoms with van der Waals surface area (Å²) in [5.74, 6) is -1.60. The normalized spacial score (nSPS) is 12.9. The summed E-state index contributed by atoms with van der Waals surface area (Å²) in [6.45, 7) is 5.49. The average Bonchev–Trinajstić information content (AvgIpc) is 2.28. The molecule has 0 saturated heterocycles. The fourth-order valence-corrected chi connectivity index (χ4v) is 1.58. The second-order valence-electron chi connectivity index (χ2n) is 5.33. The van der Waals surface area contributed by atoms with Crippen molar-refractivity contribution in [3.63, 3.8) is 0 Å².